The Labute approximate surface area is 135 Å². The zero-order valence-electron chi connectivity index (χ0n) is 11.1. The lowest BCUT2D eigenvalue weighted by atomic mass is 9.82. The summed E-state index contributed by atoms with van der Waals surface area (Å²) in [4.78, 5) is 8.34. The highest BCUT2D eigenvalue weighted by Gasteiger charge is 2.34. The third kappa shape index (κ3) is 2.11. The Morgan fingerprint density at radius 2 is 2.15 bits per heavy atom. The number of rotatable bonds is 0. The van der Waals surface area contributed by atoms with Crippen LogP contribution >= 0.6 is 36.2 Å². The molecule has 0 radical (unpaired) electrons. The second-order valence-electron chi connectivity index (χ2n) is 5.15. The third-order valence-corrected chi connectivity index (χ3v) is 5.05. The molecule has 1 unspecified atom stereocenters. The number of hydrogen-bond acceptors (Lipinski definition) is 4. The van der Waals surface area contributed by atoms with Gasteiger partial charge in [0.2, 0.25) is 0 Å². The van der Waals surface area contributed by atoms with E-state index >= 15 is 0 Å². The van der Waals surface area contributed by atoms with Crippen LogP contribution in [0.3, 0.4) is 0 Å². The van der Waals surface area contributed by atoms with Gasteiger partial charge >= 0.3 is 0 Å². The van der Waals surface area contributed by atoms with Crippen molar-refractivity contribution in [3.63, 3.8) is 0 Å². The topological polar surface area (TPSA) is 42.1 Å². The molecule has 0 amide bonds. The molecule has 0 saturated heterocycles. The average molecular weight is 330 g/mol. The monoisotopic (exact) mass is 329 g/mol. The number of nitrogens with zero attached hydrogens (tertiary/aromatic N) is 2. The number of thiazole rings is 1. The van der Waals surface area contributed by atoms with Gasteiger partial charge in [-0.1, -0.05) is 18.2 Å². The van der Waals surface area contributed by atoms with Crippen molar-refractivity contribution < 1.29 is 0 Å². The molecule has 2 heterocycles. The van der Waals surface area contributed by atoms with Crippen LogP contribution in [0, 0.1) is 0 Å². The van der Waals surface area contributed by atoms with E-state index in [1.807, 2.05) is 0 Å². The zero-order valence-corrected chi connectivity index (χ0v) is 13.6. The Hall–Kier alpha value is -0.810. The fraction of sp³-hybridized carbons (Fsp3) is 0.357. The molecule has 1 aliphatic heterocycles. The Balaban J connectivity index is 0.000000735. The van der Waals surface area contributed by atoms with Crippen LogP contribution in [-0.2, 0) is 12.8 Å². The van der Waals surface area contributed by atoms with Crippen molar-refractivity contribution >= 4 is 41.3 Å². The van der Waals surface area contributed by atoms with Gasteiger partial charge in [-0.3, -0.25) is 4.90 Å². The molecule has 2 aliphatic rings. The van der Waals surface area contributed by atoms with Crippen LogP contribution in [0.1, 0.15) is 22.0 Å². The van der Waals surface area contributed by atoms with Crippen LogP contribution < -0.4 is 5.73 Å². The first-order valence-corrected chi connectivity index (χ1v) is 7.13. The molecule has 3 nitrogen and oxygen atoms in total. The van der Waals surface area contributed by atoms with E-state index in [1.54, 1.807) is 11.3 Å². The molecule has 0 spiro atoms. The summed E-state index contributed by atoms with van der Waals surface area (Å²) >= 11 is 1.64. The number of anilines is 1. The number of fused-ring (bicyclic) bond motifs is 2. The fourth-order valence-corrected chi connectivity index (χ4v) is 4.14. The quantitative estimate of drug-likeness (QED) is 0.806. The summed E-state index contributed by atoms with van der Waals surface area (Å²) in [5, 5.41) is 0.693. The van der Waals surface area contributed by atoms with Gasteiger partial charge in [0.15, 0.2) is 5.13 Å². The number of nitrogen functional groups attached to an aromatic ring is 1. The number of halogens is 2. The summed E-state index contributed by atoms with van der Waals surface area (Å²) in [6.07, 6.45) is 2.20. The van der Waals surface area contributed by atoms with Gasteiger partial charge in [0.25, 0.3) is 0 Å². The minimum atomic E-state index is 0. The van der Waals surface area contributed by atoms with E-state index in [0.29, 0.717) is 11.2 Å². The molecule has 4 rings (SSSR count). The van der Waals surface area contributed by atoms with Crippen LogP contribution in [0.5, 0.6) is 0 Å². The van der Waals surface area contributed by atoms with Crippen LogP contribution in [0.25, 0.3) is 11.3 Å². The van der Waals surface area contributed by atoms with Crippen LogP contribution in [0.4, 0.5) is 5.13 Å². The normalized spacial score (nSPS) is 19.4. The van der Waals surface area contributed by atoms with Crippen LogP contribution in [0.2, 0.25) is 0 Å². The predicted molar refractivity (Wildman–Crippen MR) is 89.2 cm³/mol. The fourth-order valence-electron chi connectivity index (χ4n) is 3.26. The molecule has 2 aromatic rings. The predicted octanol–water partition coefficient (Wildman–Crippen LogP) is 3.32. The Bertz CT molecular complexity index is 641. The SMILES string of the molecule is CN1CCc2cccc3c2C1Cc1sc(N)nc1-3.Cl.Cl. The summed E-state index contributed by atoms with van der Waals surface area (Å²) in [5.41, 5.74) is 11.3. The number of benzene rings is 1. The van der Waals surface area contributed by atoms with Crippen LogP contribution in [-0.4, -0.2) is 23.5 Å². The average Bonchev–Trinajstić information content (AvgIpc) is 2.74. The lowest BCUT2D eigenvalue weighted by molar-refractivity contribution is 0.229. The van der Waals surface area contributed by atoms with Crippen molar-refractivity contribution in [3.8, 4) is 11.3 Å². The van der Waals surface area contributed by atoms with E-state index in [0.717, 1.165) is 25.1 Å². The van der Waals surface area contributed by atoms with Gasteiger partial charge in [0.1, 0.15) is 0 Å². The molecule has 0 bridgehead atoms. The van der Waals surface area contributed by atoms with E-state index in [4.69, 9.17) is 5.73 Å². The summed E-state index contributed by atoms with van der Waals surface area (Å²) in [6.45, 7) is 1.14. The number of hydrogen-bond donors (Lipinski definition) is 1. The molecule has 1 aliphatic carbocycles. The number of nitrogens with two attached hydrogens (primary N) is 1. The maximum Gasteiger partial charge on any atom is 0.180 e. The Morgan fingerprint density at radius 1 is 1.35 bits per heavy atom. The van der Waals surface area contributed by atoms with Crippen LogP contribution in [0.15, 0.2) is 18.2 Å². The summed E-state index contributed by atoms with van der Waals surface area (Å²) in [6, 6.07) is 7.13. The molecule has 0 saturated carbocycles. The van der Waals surface area contributed by atoms with Crippen molar-refractivity contribution in [2.75, 3.05) is 19.3 Å². The molecule has 2 N–H and O–H groups in total. The van der Waals surface area contributed by atoms with Crippen molar-refractivity contribution in [3.05, 3.63) is 34.2 Å². The van der Waals surface area contributed by atoms with E-state index in [2.05, 4.69) is 35.1 Å². The van der Waals surface area contributed by atoms with Gasteiger partial charge in [-0.05, 0) is 24.6 Å². The van der Waals surface area contributed by atoms with Gasteiger partial charge in [-0.25, -0.2) is 4.98 Å². The van der Waals surface area contributed by atoms with Gasteiger partial charge in [0.05, 0.1) is 5.69 Å². The zero-order chi connectivity index (χ0) is 12.3. The van der Waals surface area contributed by atoms with Crippen molar-refractivity contribution in [2.45, 2.75) is 18.9 Å². The van der Waals surface area contributed by atoms with E-state index in [-0.39, 0.29) is 24.8 Å². The van der Waals surface area contributed by atoms with Gasteiger partial charge < -0.3 is 5.73 Å². The molecule has 1 aromatic heterocycles. The second-order valence-corrected chi connectivity index (χ2v) is 6.27. The van der Waals surface area contributed by atoms with Crippen molar-refractivity contribution in [1.29, 1.82) is 0 Å². The highest BCUT2D eigenvalue weighted by molar-refractivity contribution is 7.15. The molecular formula is C14H17Cl2N3S. The third-order valence-electron chi connectivity index (χ3n) is 4.14. The summed E-state index contributed by atoms with van der Waals surface area (Å²) < 4.78 is 0. The van der Waals surface area contributed by atoms with Crippen molar-refractivity contribution in [2.24, 2.45) is 0 Å². The molecule has 6 heteroatoms. The lowest BCUT2D eigenvalue weighted by Crippen LogP contribution is -2.35. The van der Waals surface area contributed by atoms with Crippen molar-refractivity contribution in [1.82, 2.24) is 9.88 Å². The molecule has 1 atom stereocenters. The lowest BCUT2D eigenvalue weighted by Gasteiger charge is -2.38. The molecule has 1 aromatic carbocycles. The highest BCUT2D eigenvalue weighted by Crippen LogP contribution is 2.46. The van der Waals surface area contributed by atoms with E-state index in [1.165, 1.54) is 21.6 Å². The summed E-state index contributed by atoms with van der Waals surface area (Å²) in [5.74, 6) is 0. The second kappa shape index (κ2) is 5.53. The van der Waals surface area contributed by atoms with E-state index in [9.17, 15) is 0 Å². The molecule has 108 valence electrons. The molecular weight excluding hydrogens is 313 g/mol. The minimum absolute atomic E-state index is 0. The summed E-state index contributed by atoms with van der Waals surface area (Å²) in [7, 11) is 2.22. The maximum atomic E-state index is 5.88. The molecule has 20 heavy (non-hydrogen) atoms. The van der Waals surface area contributed by atoms with Gasteiger partial charge in [-0.2, -0.15) is 0 Å². The van der Waals surface area contributed by atoms with Gasteiger partial charge in [0, 0.05) is 29.4 Å². The maximum absolute atomic E-state index is 5.88. The Kier molecular flexibility index (Phi) is 4.30. The smallest absolute Gasteiger partial charge is 0.180 e. The number of aromatic nitrogens is 1. The number of likely N-dealkylation sites (N-methyl/N-ethyl adjacent to an activating group) is 1. The Morgan fingerprint density at radius 3 is 2.95 bits per heavy atom. The first-order valence-electron chi connectivity index (χ1n) is 6.31. The van der Waals surface area contributed by atoms with E-state index < -0.39 is 0 Å². The first-order chi connectivity index (χ1) is 8.74. The first kappa shape index (κ1) is 15.6. The standard InChI is InChI=1S/C14H15N3S.2ClH/c1-17-6-5-8-3-2-4-9-12(8)10(17)7-11-13(9)16-14(15)18-11;;/h2-4,10H,5-7H2,1H3,(H2,15,16);2*1H. The molecule has 0 fully saturated rings. The van der Waals surface area contributed by atoms with Gasteiger partial charge in [-0.15, -0.1) is 36.2 Å². The largest absolute Gasteiger partial charge is 0.375 e. The highest BCUT2D eigenvalue weighted by atomic mass is 35.5. The minimum Gasteiger partial charge on any atom is -0.375 e.